The van der Waals surface area contributed by atoms with Crippen molar-refractivity contribution >= 4 is 0 Å². The number of hydrogen-bond donors (Lipinski definition) is 0. The number of nitrogens with zero attached hydrogens (tertiary/aromatic N) is 6. The van der Waals surface area contributed by atoms with E-state index < -0.39 is 0 Å². The maximum absolute atomic E-state index is 4.54. The van der Waals surface area contributed by atoms with Gasteiger partial charge in [-0.05, 0) is 62.6 Å². The highest BCUT2D eigenvalue weighted by atomic mass is 15.6. The molecule has 0 spiro atoms. The van der Waals surface area contributed by atoms with Crippen LogP contribution in [0.3, 0.4) is 0 Å². The zero-order chi connectivity index (χ0) is 19.0. The van der Waals surface area contributed by atoms with Crippen molar-refractivity contribution in [2.75, 3.05) is 26.2 Å². The van der Waals surface area contributed by atoms with Crippen molar-refractivity contribution in [3.05, 3.63) is 41.2 Å². The number of piperazine rings is 1. The molecule has 1 aromatic carbocycles. The second-order valence-corrected chi connectivity index (χ2v) is 8.76. The van der Waals surface area contributed by atoms with Gasteiger partial charge in [0.15, 0.2) is 5.82 Å². The van der Waals surface area contributed by atoms with E-state index in [4.69, 9.17) is 0 Å². The smallest absolute Gasteiger partial charge is 0.173 e. The fourth-order valence-corrected chi connectivity index (χ4v) is 4.47. The monoisotopic (exact) mass is 368 g/mol. The third kappa shape index (κ3) is 3.52. The third-order valence-electron chi connectivity index (χ3n) is 6.55. The predicted molar refractivity (Wildman–Crippen MR) is 107 cm³/mol. The maximum Gasteiger partial charge on any atom is 0.173 e. The molecule has 0 aliphatic carbocycles. The number of hydrogen-bond acceptors (Lipinski definition) is 5. The van der Waals surface area contributed by atoms with Crippen molar-refractivity contribution in [1.82, 2.24) is 30.0 Å². The average molecular weight is 369 g/mol. The molecule has 2 fully saturated rings. The van der Waals surface area contributed by atoms with Gasteiger partial charge < -0.3 is 0 Å². The van der Waals surface area contributed by atoms with Crippen molar-refractivity contribution in [3.63, 3.8) is 0 Å². The maximum atomic E-state index is 4.54. The molecule has 0 N–H and O–H groups in total. The summed E-state index contributed by atoms with van der Waals surface area (Å²) in [5.74, 6) is 0.970. The first-order chi connectivity index (χ1) is 13.0. The lowest BCUT2D eigenvalue weighted by Crippen LogP contribution is -2.51. The summed E-state index contributed by atoms with van der Waals surface area (Å²) in [6.45, 7) is 13.3. The molecule has 2 aliphatic rings. The number of benzene rings is 1. The first-order valence-corrected chi connectivity index (χ1v) is 10.3. The van der Waals surface area contributed by atoms with Crippen LogP contribution >= 0.6 is 0 Å². The van der Waals surface area contributed by atoms with Crippen LogP contribution in [0.25, 0.3) is 0 Å². The second kappa shape index (κ2) is 7.32. The van der Waals surface area contributed by atoms with Crippen molar-refractivity contribution in [2.45, 2.75) is 64.6 Å². The molecule has 2 saturated heterocycles. The van der Waals surface area contributed by atoms with Crippen LogP contribution in [0.1, 0.15) is 63.0 Å². The molecule has 2 atom stereocenters. The number of rotatable bonds is 5. The van der Waals surface area contributed by atoms with Crippen molar-refractivity contribution < 1.29 is 0 Å². The van der Waals surface area contributed by atoms with Gasteiger partial charge in [-0.25, -0.2) is 4.68 Å². The lowest BCUT2D eigenvalue weighted by molar-refractivity contribution is 0.0771. The van der Waals surface area contributed by atoms with Gasteiger partial charge in [-0.15, -0.1) is 5.10 Å². The van der Waals surface area contributed by atoms with E-state index >= 15 is 0 Å². The van der Waals surface area contributed by atoms with Gasteiger partial charge in [0.1, 0.15) is 0 Å². The first-order valence-electron chi connectivity index (χ1n) is 10.3. The topological polar surface area (TPSA) is 50.1 Å². The molecule has 0 amide bonds. The largest absolute Gasteiger partial charge is 0.298 e. The number of aromatic nitrogens is 4. The van der Waals surface area contributed by atoms with Crippen LogP contribution in [0.15, 0.2) is 24.3 Å². The van der Waals surface area contributed by atoms with Crippen LogP contribution in [0.5, 0.6) is 0 Å². The van der Waals surface area contributed by atoms with Gasteiger partial charge in [-0.2, -0.15) is 0 Å². The summed E-state index contributed by atoms with van der Waals surface area (Å²) in [6, 6.07) is 9.68. The van der Waals surface area contributed by atoms with E-state index in [1.807, 2.05) is 0 Å². The first kappa shape index (κ1) is 18.6. The number of tetrazole rings is 1. The Bertz CT molecular complexity index is 765. The Morgan fingerprint density at radius 1 is 1.15 bits per heavy atom. The minimum Gasteiger partial charge on any atom is -0.298 e. The highest BCUT2D eigenvalue weighted by molar-refractivity contribution is 5.28. The molecule has 6 heteroatoms. The quantitative estimate of drug-likeness (QED) is 0.812. The van der Waals surface area contributed by atoms with E-state index in [9.17, 15) is 0 Å². The molecule has 6 nitrogen and oxygen atoms in total. The highest BCUT2D eigenvalue weighted by Gasteiger charge is 2.38. The second-order valence-electron chi connectivity index (χ2n) is 8.76. The van der Waals surface area contributed by atoms with Gasteiger partial charge in [0.25, 0.3) is 0 Å². The molecule has 0 saturated carbocycles. The van der Waals surface area contributed by atoms with E-state index in [0.29, 0.717) is 6.04 Å². The number of aryl methyl sites for hydroxylation is 1. The van der Waals surface area contributed by atoms with E-state index in [1.165, 1.54) is 30.5 Å². The van der Waals surface area contributed by atoms with Crippen molar-refractivity contribution in [1.29, 1.82) is 0 Å². The Kier molecular flexibility index (Phi) is 5.03. The molecule has 0 radical (unpaired) electrons. The van der Waals surface area contributed by atoms with E-state index in [-0.39, 0.29) is 11.6 Å². The fourth-order valence-electron chi connectivity index (χ4n) is 4.47. The lowest BCUT2D eigenvalue weighted by atomic mass is 9.98. The summed E-state index contributed by atoms with van der Waals surface area (Å²) >= 11 is 0. The number of fused-ring (bicyclic) bond motifs is 1. The normalized spacial score (nSPS) is 22.7. The van der Waals surface area contributed by atoms with Gasteiger partial charge in [-0.3, -0.25) is 9.80 Å². The van der Waals surface area contributed by atoms with Gasteiger partial charge >= 0.3 is 0 Å². The Labute approximate surface area is 162 Å². The van der Waals surface area contributed by atoms with Crippen LogP contribution in [-0.2, 0) is 5.54 Å². The zero-order valence-corrected chi connectivity index (χ0v) is 17.1. The molecular formula is C21H32N6. The minimum absolute atomic E-state index is 0.100. The standard InChI is InChI=1S/C21H32N6/c1-5-21(3,4)27-20(22-23-24-27)19(17-10-8-16(2)9-11-17)26-14-13-25-12-6-7-18(25)15-26/h8-11,18-19H,5-7,12-15H2,1-4H3/t18-,19+/m1/s1. The Balaban J connectivity index is 1.73. The van der Waals surface area contributed by atoms with Crippen molar-refractivity contribution in [2.24, 2.45) is 0 Å². The van der Waals surface area contributed by atoms with Gasteiger partial charge in [0.2, 0.25) is 0 Å². The molecule has 1 aromatic heterocycles. The van der Waals surface area contributed by atoms with Crippen LogP contribution in [0.4, 0.5) is 0 Å². The van der Waals surface area contributed by atoms with Crippen LogP contribution in [-0.4, -0.2) is 62.2 Å². The van der Waals surface area contributed by atoms with Crippen LogP contribution in [0.2, 0.25) is 0 Å². The summed E-state index contributed by atoms with van der Waals surface area (Å²) in [6.07, 6.45) is 3.62. The Morgan fingerprint density at radius 3 is 2.67 bits per heavy atom. The molecular weight excluding hydrogens is 336 g/mol. The van der Waals surface area contributed by atoms with Crippen molar-refractivity contribution in [3.8, 4) is 0 Å². The summed E-state index contributed by atoms with van der Waals surface area (Å²) in [4.78, 5) is 5.26. The molecule has 0 bridgehead atoms. The SMILES string of the molecule is CCC(C)(C)n1nnnc1[C@H](c1ccc(C)cc1)N1CCN2CCC[C@@H]2C1. The molecule has 4 rings (SSSR count). The highest BCUT2D eigenvalue weighted by Crippen LogP contribution is 2.34. The van der Waals surface area contributed by atoms with E-state index in [0.717, 1.165) is 31.9 Å². The molecule has 2 aromatic rings. The van der Waals surface area contributed by atoms with Gasteiger partial charge in [-0.1, -0.05) is 36.8 Å². The third-order valence-corrected chi connectivity index (χ3v) is 6.55. The summed E-state index contributed by atoms with van der Waals surface area (Å²) in [5.41, 5.74) is 2.47. The van der Waals surface area contributed by atoms with Crippen LogP contribution < -0.4 is 0 Å². The average Bonchev–Trinajstić information content (AvgIpc) is 3.33. The minimum atomic E-state index is -0.100. The van der Waals surface area contributed by atoms with Crippen LogP contribution in [0, 0.1) is 6.92 Å². The Morgan fingerprint density at radius 2 is 1.93 bits per heavy atom. The Hall–Kier alpha value is -1.79. The summed E-state index contributed by atoms with van der Waals surface area (Å²) in [7, 11) is 0. The zero-order valence-electron chi connectivity index (χ0n) is 17.1. The molecule has 3 heterocycles. The predicted octanol–water partition coefficient (Wildman–Crippen LogP) is 3.00. The molecule has 146 valence electrons. The van der Waals surface area contributed by atoms with E-state index in [2.05, 4.69) is 82.0 Å². The van der Waals surface area contributed by atoms with Gasteiger partial charge in [0.05, 0.1) is 11.6 Å². The van der Waals surface area contributed by atoms with Gasteiger partial charge in [0, 0.05) is 25.7 Å². The molecule has 27 heavy (non-hydrogen) atoms. The fraction of sp³-hybridized carbons (Fsp3) is 0.667. The lowest BCUT2D eigenvalue weighted by Gasteiger charge is -2.41. The molecule has 2 aliphatic heterocycles. The summed E-state index contributed by atoms with van der Waals surface area (Å²) in [5, 5.41) is 13.0. The summed E-state index contributed by atoms with van der Waals surface area (Å²) < 4.78 is 2.05. The molecule has 0 unspecified atom stereocenters. The van der Waals surface area contributed by atoms with E-state index in [1.54, 1.807) is 0 Å².